The minimum Gasteiger partial charge on any atom is -0.496 e. The minimum atomic E-state index is -2.09. The average Bonchev–Trinajstić information content (AvgIpc) is 3.16. The van der Waals surface area contributed by atoms with E-state index in [-0.39, 0.29) is 0 Å². The Hall–Kier alpha value is -5.82. The third kappa shape index (κ3) is 6.75. The summed E-state index contributed by atoms with van der Waals surface area (Å²) in [5.41, 5.74) is 4.53. The van der Waals surface area contributed by atoms with Crippen LogP contribution in [-0.4, -0.2) is 14.2 Å². The molecule has 0 saturated heterocycles. The molecule has 0 aliphatic carbocycles. The fourth-order valence-corrected chi connectivity index (χ4v) is 8.48. The summed E-state index contributed by atoms with van der Waals surface area (Å²) >= 11 is 0. The van der Waals surface area contributed by atoms with Crippen LogP contribution in [0.5, 0.6) is 69.0 Å². The van der Waals surface area contributed by atoms with Crippen molar-refractivity contribution >= 4 is 17.2 Å². The Morgan fingerprint density at radius 1 is 0.407 bits per heavy atom. The Bertz CT molecular complexity index is 2100. The van der Waals surface area contributed by atoms with E-state index in [4.69, 9.17) is 46.1 Å². The van der Waals surface area contributed by atoms with Crippen molar-refractivity contribution < 1.29 is 46.1 Å². The molecule has 2 aliphatic heterocycles. The van der Waals surface area contributed by atoms with Gasteiger partial charge in [0.1, 0.15) is 23.0 Å². The molecule has 0 atom stereocenters. The van der Waals surface area contributed by atoms with Crippen LogP contribution in [0.3, 0.4) is 0 Å². The lowest BCUT2D eigenvalue weighted by Crippen LogP contribution is -2.10. The zero-order valence-electron chi connectivity index (χ0n) is 30.4. The molecule has 0 N–H and O–H groups in total. The molecule has 0 amide bonds. The van der Waals surface area contributed by atoms with Gasteiger partial charge in [0.2, 0.25) is 0 Å². The summed E-state index contributed by atoms with van der Waals surface area (Å²) in [5, 5.41) is 0. The van der Waals surface area contributed by atoms with Crippen LogP contribution in [0.25, 0.3) is 11.1 Å². The van der Waals surface area contributed by atoms with Gasteiger partial charge in [-0.2, -0.15) is 0 Å². The highest BCUT2D eigenvalue weighted by molar-refractivity contribution is 7.43. The lowest BCUT2D eigenvalue weighted by Gasteiger charge is -2.28. The zero-order valence-corrected chi connectivity index (χ0v) is 32.2. The number of hydrogen-bond acceptors (Lipinski definition) is 10. The first kappa shape index (κ1) is 35.2. The van der Waals surface area contributed by atoms with Gasteiger partial charge in [-0.1, -0.05) is 48.5 Å². The first-order chi connectivity index (χ1) is 26.3. The number of para-hydroxylation sites is 8. The number of aryl methyl sites for hydroxylation is 2. The van der Waals surface area contributed by atoms with E-state index >= 15 is 0 Å². The van der Waals surface area contributed by atoms with Gasteiger partial charge in [0.05, 0.1) is 14.2 Å². The third-order valence-corrected chi connectivity index (χ3v) is 11.0. The van der Waals surface area contributed by atoms with Gasteiger partial charge in [0.25, 0.3) is 0 Å². The first-order valence-electron chi connectivity index (χ1n) is 17.1. The highest BCUT2D eigenvalue weighted by atomic mass is 31.2. The van der Waals surface area contributed by atoms with Crippen molar-refractivity contribution in [3.63, 3.8) is 0 Å². The van der Waals surface area contributed by atoms with Crippen molar-refractivity contribution in [2.45, 2.75) is 27.7 Å². The van der Waals surface area contributed by atoms with Gasteiger partial charge in [-0.3, -0.25) is 0 Å². The first-order valence-corrected chi connectivity index (χ1v) is 19.3. The fraction of sp³-hybridized carbons (Fsp3) is 0.143. The Kier molecular flexibility index (Phi) is 9.72. The van der Waals surface area contributed by atoms with E-state index in [1.807, 2.05) is 137 Å². The number of rotatable bonds is 7. The van der Waals surface area contributed by atoms with E-state index in [0.29, 0.717) is 80.1 Å². The molecule has 8 rings (SSSR count). The zero-order chi connectivity index (χ0) is 37.3. The second-order valence-electron chi connectivity index (χ2n) is 12.4. The summed E-state index contributed by atoms with van der Waals surface area (Å²) in [6.45, 7) is 7.85. The number of hydrogen-bond donors (Lipinski definition) is 0. The predicted molar refractivity (Wildman–Crippen MR) is 207 cm³/mol. The summed E-state index contributed by atoms with van der Waals surface area (Å²) in [6.07, 6.45) is 0. The van der Waals surface area contributed by atoms with E-state index in [1.165, 1.54) is 0 Å². The summed E-state index contributed by atoms with van der Waals surface area (Å²) in [7, 11) is -0.888. The number of methoxy groups -OCH3 is 2. The molecule has 274 valence electrons. The lowest BCUT2D eigenvalue weighted by molar-refractivity contribution is 0.344. The van der Waals surface area contributed by atoms with E-state index in [0.717, 1.165) is 22.3 Å². The molecule has 0 fully saturated rings. The van der Waals surface area contributed by atoms with Gasteiger partial charge in [-0.25, -0.2) is 0 Å². The molecule has 0 aromatic heterocycles. The number of ether oxygens (including phenoxy) is 4. The van der Waals surface area contributed by atoms with Crippen molar-refractivity contribution in [2.75, 3.05) is 14.2 Å². The van der Waals surface area contributed by atoms with E-state index in [9.17, 15) is 0 Å². The molecule has 2 aliphatic rings. The van der Waals surface area contributed by atoms with Gasteiger partial charge in [-0.05, 0) is 99.5 Å². The molecular weight excluding hydrogens is 726 g/mol. The number of benzene rings is 6. The van der Waals surface area contributed by atoms with Crippen LogP contribution in [0.1, 0.15) is 22.3 Å². The maximum atomic E-state index is 6.88. The summed E-state index contributed by atoms with van der Waals surface area (Å²) in [6, 6.07) is 33.5. The maximum absolute atomic E-state index is 6.88. The third-order valence-electron chi connectivity index (χ3n) is 8.90. The number of fused-ring (bicyclic) bond motifs is 4. The van der Waals surface area contributed by atoms with Crippen LogP contribution in [0.2, 0.25) is 0 Å². The topological polar surface area (TPSA) is 92.3 Å². The monoisotopic (exact) mass is 762 g/mol. The second kappa shape index (κ2) is 14.9. The quantitative estimate of drug-likeness (QED) is 0.146. The summed E-state index contributed by atoms with van der Waals surface area (Å²) in [5.74, 6) is 6.39. The Morgan fingerprint density at radius 2 is 0.685 bits per heavy atom. The van der Waals surface area contributed by atoms with Gasteiger partial charge in [-0.15, -0.1) is 0 Å². The Labute approximate surface area is 316 Å². The molecule has 6 aromatic rings. The second-order valence-corrected chi connectivity index (χ2v) is 14.4. The molecular formula is C42H36O10P2. The van der Waals surface area contributed by atoms with E-state index in [1.54, 1.807) is 14.2 Å². The van der Waals surface area contributed by atoms with Crippen LogP contribution in [0.15, 0.2) is 109 Å². The Balaban J connectivity index is 1.28. The van der Waals surface area contributed by atoms with Crippen LogP contribution in [0.4, 0.5) is 0 Å². The van der Waals surface area contributed by atoms with Crippen LogP contribution < -0.4 is 46.1 Å². The highest BCUT2D eigenvalue weighted by Crippen LogP contribution is 2.58. The van der Waals surface area contributed by atoms with Crippen molar-refractivity contribution in [1.29, 1.82) is 0 Å². The molecule has 10 nitrogen and oxygen atoms in total. The van der Waals surface area contributed by atoms with Crippen LogP contribution in [0, 0.1) is 27.7 Å². The molecule has 12 heteroatoms. The largest absolute Gasteiger partial charge is 0.530 e. The molecule has 0 unspecified atom stereocenters. The standard InChI is InChI=1S/C42H36O10P2/c1-25-23-37(43-5)27(3)39(41(25)51-53-47-33-19-11-7-15-29(33)45-30-16-8-12-20-34(30)48-53)40-28(4)38(44-6)24-26(2)42(40)52-54-49-35-21-13-9-17-31(35)46-32-18-10-14-22-36(32)50-54/h7-24H,1-6H3. The normalized spacial score (nSPS) is 13.4. The van der Waals surface area contributed by atoms with Gasteiger partial charge in [0, 0.05) is 22.3 Å². The van der Waals surface area contributed by atoms with Gasteiger partial charge >= 0.3 is 17.2 Å². The molecule has 0 spiro atoms. The van der Waals surface area contributed by atoms with Crippen molar-refractivity contribution in [3.05, 3.63) is 131 Å². The molecule has 0 radical (unpaired) electrons. The highest BCUT2D eigenvalue weighted by Gasteiger charge is 2.34. The summed E-state index contributed by atoms with van der Waals surface area (Å²) in [4.78, 5) is 0. The van der Waals surface area contributed by atoms with Crippen molar-refractivity contribution in [1.82, 2.24) is 0 Å². The van der Waals surface area contributed by atoms with E-state index in [2.05, 4.69) is 0 Å². The molecule has 2 heterocycles. The van der Waals surface area contributed by atoms with E-state index < -0.39 is 17.2 Å². The molecule has 0 bridgehead atoms. The Morgan fingerprint density at radius 3 is 0.963 bits per heavy atom. The SMILES string of the molecule is COc1cc(C)c(OP2Oc3ccccc3Oc3ccccc3O2)c(-c2c(C)c(OC)cc(C)c2OP2Oc3ccccc3Oc3ccccc3O2)c1C. The summed E-state index contributed by atoms with van der Waals surface area (Å²) < 4.78 is 63.7. The van der Waals surface area contributed by atoms with Crippen molar-refractivity contribution in [3.8, 4) is 80.1 Å². The van der Waals surface area contributed by atoms with Crippen LogP contribution in [-0.2, 0) is 0 Å². The molecule has 54 heavy (non-hydrogen) atoms. The minimum absolute atomic E-state index is 0.478. The lowest BCUT2D eigenvalue weighted by atomic mass is 9.90. The molecule has 0 saturated carbocycles. The average molecular weight is 763 g/mol. The molecule has 6 aromatic carbocycles. The van der Waals surface area contributed by atoms with Crippen LogP contribution >= 0.6 is 17.2 Å². The van der Waals surface area contributed by atoms with Gasteiger partial charge in [0.15, 0.2) is 46.0 Å². The van der Waals surface area contributed by atoms with Gasteiger partial charge < -0.3 is 46.1 Å². The maximum Gasteiger partial charge on any atom is 0.530 e. The smallest absolute Gasteiger partial charge is 0.496 e. The fourth-order valence-electron chi connectivity index (χ4n) is 6.24. The predicted octanol–water partition coefficient (Wildman–Crippen LogP) is 12.3. The van der Waals surface area contributed by atoms with Crippen molar-refractivity contribution in [2.24, 2.45) is 0 Å².